The zero-order chi connectivity index (χ0) is 28.6. The number of likely N-dealkylation sites (tertiary alicyclic amines) is 1. The molecule has 3 heterocycles. The largest absolute Gasteiger partial charge is 0.388 e. The molecule has 2 aliphatic heterocycles. The number of hydrogen-bond donors (Lipinski definition) is 2. The molecule has 1 aromatic heterocycles. The summed E-state index contributed by atoms with van der Waals surface area (Å²) in [4.78, 5) is 32.6. The lowest BCUT2D eigenvalue weighted by Gasteiger charge is -2.37. The normalized spacial score (nSPS) is 20.3. The van der Waals surface area contributed by atoms with Gasteiger partial charge in [-0.2, -0.15) is 10.2 Å². The number of nitrogens with one attached hydrogen (secondary N) is 2. The molecule has 10 nitrogen and oxygen atoms in total. The average molecular weight is 548 g/mol. The zero-order valence-corrected chi connectivity index (χ0v) is 21.9. The Morgan fingerprint density at radius 2 is 2.08 bits per heavy atom. The lowest BCUT2D eigenvalue weighted by atomic mass is 9.91. The first-order chi connectivity index (χ1) is 19.1. The molecule has 2 N–H and O–H groups in total. The number of aromatic nitrogens is 2. The summed E-state index contributed by atoms with van der Waals surface area (Å²) < 4.78 is 36.0. The molecule has 2 saturated heterocycles. The van der Waals surface area contributed by atoms with Crippen molar-refractivity contribution in [1.82, 2.24) is 15.0 Å². The molecule has 2 amide bonds. The number of nitrogens with zero attached hydrogens (tertiary/aromatic N) is 5. The summed E-state index contributed by atoms with van der Waals surface area (Å²) in [7, 11) is 1.72. The van der Waals surface area contributed by atoms with Gasteiger partial charge in [0.05, 0.1) is 24.1 Å². The summed E-state index contributed by atoms with van der Waals surface area (Å²) >= 11 is 0. The number of carbonyl (C=O) groups is 2. The van der Waals surface area contributed by atoms with E-state index >= 15 is 8.78 Å². The number of halogens is 2. The van der Waals surface area contributed by atoms with E-state index in [2.05, 4.69) is 15.5 Å². The zero-order valence-electron chi connectivity index (χ0n) is 21.9. The van der Waals surface area contributed by atoms with Crippen LogP contribution in [0.5, 0.6) is 0 Å². The number of hydrogen-bond acceptors (Lipinski definition) is 8. The van der Waals surface area contributed by atoms with Gasteiger partial charge in [0, 0.05) is 54.8 Å². The monoisotopic (exact) mass is 547 g/mol. The molecule has 0 spiro atoms. The van der Waals surface area contributed by atoms with Gasteiger partial charge in [-0.1, -0.05) is 23.4 Å². The van der Waals surface area contributed by atoms with Gasteiger partial charge >= 0.3 is 0 Å². The molecule has 2 atom stereocenters. The molecule has 0 bridgehead atoms. The van der Waals surface area contributed by atoms with Crippen molar-refractivity contribution in [2.24, 2.45) is 5.92 Å². The third-order valence-electron chi connectivity index (χ3n) is 7.36. The summed E-state index contributed by atoms with van der Waals surface area (Å²) in [5.41, 5.74) is 3.17. The highest BCUT2D eigenvalue weighted by atomic mass is 19.3. The first-order valence-corrected chi connectivity index (χ1v) is 12.8. The van der Waals surface area contributed by atoms with E-state index in [0.29, 0.717) is 33.8 Å². The Morgan fingerprint density at radius 3 is 2.77 bits per heavy atom. The first kappa shape index (κ1) is 26.9. The number of carbonyl (C=O) groups excluding carboxylic acids is 2. The summed E-state index contributed by atoms with van der Waals surface area (Å²) in [6, 6.07) is 13.7. The molecule has 2 fully saturated rings. The summed E-state index contributed by atoms with van der Waals surface area (Å²) in [5.74, 6) is -6.28. The maximum atomic E-state index is 15.4. The van der Waals surface area contributed by atoms with Crippen molar-refractivity contribution in [2.75, 3.05) is 36.9 Å². The van der Waals surface area contributed by atoms with Crippen molar-refractivity contribution in [3.63, 3.8) is 0 Å². The minimum Gasteiger partial charge on any atom is -0.388 e. The number of nitriles is 1. The SMILES string of the molecule is CNc1cc(-c2noc(C3CCN(C(=O)[C@@H]4CC(=O)N(c5cccc(C#N)c5)C4)CC3(F)F)n2)ccc1C(C)=N. The van der Waals surface area contributed by atoms with Crippen LogP contribution in [0.15, 0.2) is 47.0 Å². The van der Waals surface area contributed by atoms with Crippen molar-refractivity contribution in [1.29, 1.82) is 10.7 Å². The number of piperidine rings is 1. The van der Waals surface area contributed by atoms with Gasteiger partial charge in [-0.3, -0.25) is 9.59 Å². The Morgan fingerprint density at radius 1 is 1.27 bits per heavy atom. The van der Waals surface area contributed by atoms with Crippen molar-refractivity contribution in [2.45, 2.75) is 31.6 Å². The van der Waals surface area contributed by atoms with Crippen LogP contribution in [0.2, 0.25) is 0 Å². The highest BCUT2D eigenvalue weighted by Crippen LogP contribution is 2.41. The van der Waals surface area contributed by atoms with Crippen molar-refractivity contribution in [3.8, 4) is 17.5 Å². The predicted molar refractivity (Wildman–Crippen MR) is 142 cm³/mol. The fourth-order valence-corrected chi connectivity index (χ4v) is 5.27. The summed E-state index contributed by atoms with van der Waals surface area (Å²) in [6.45, 7) is 0.968. The average Bonchev–Trinajstić information content (AvgIpc) is 3.58. The predicted octanol–water partition coefficient (Wildman–Crippen LogP) is 4.04. The quantitative estimate of drug-likeness (QED) is 0.444. The number of anilines is 2. The third kappa shape index (κ3) is 5.02. The van der Waals surface area contributed by atoms with E-state index < -0.39 is 30.2 Å². The molecule has 5 rings (SSSR count). The fourth-order valence-electron chi connectivity index (χ4n) is 5.27. The van der Waals surface area contributed by atoms with Crippen molar-refractivity contribution < 1.29 is 22.9 Å². The lowest BCUT2D eigenvalue weighted by molar-refractivity contribution is -0.149. The molecule has 1 unspecified atom stereocenters. The Labute approximate surface area is 229 Å². The number of rotatable bonds is 6. The first-order valence-electron chi connectivity index (χ1n) is 12.8. The van der Waals surface area contributed by atoms with E-state index in [1.165, 1.54) is 4.90 Å². The molecule has 2 aromatic carbocycles. The fraction of sp³-hybridized carbons (Fsp3) is 0.357. The summed E-state index contributed by atoms with van der Waals surface area (Å²) in [6.07, 6.45) is -0.165. The van der Waals surface area contributed by atoms with Crippen molar-refractivity contribution in [3.05, 3.63) is 59.5 Å². The molecule has 12 heteroatoms. The van der Waals surface area contributed by atoms with E-state index in [1.807, 2.05) is 6.07 Å². The topological polar surface area (TPSA) is 139 Å². The second-order valence-electron chi connectivity index (χ2n) is 10.0. The highest BCUT2D eigenvalue weighted by molar-refractivity contribution is 6.02. The molecule has 3 aromatic rings. The van der Waals surface area contributed by atoms with Gasteiger partial charge in [0.1, 0.15) is 5.92 Å². The van der Waals surface area contributed by atoms with Crippen LogP contribution in [-0.2, 0) is 9.59 Å². The Hall–Kier alpha value is -4.66. The van der Waals surface area contributed by atoms with Gasteiger partial charge in [0.15, 0.2) is 0 Å². The molecule has 2 aliphatic rings. The van der Waals surface area contributed by atoms with Crippen LogP contribution < -0.4 is 10.2 Å². The van der Waals surface area contributed by atoms with Gasteiger partial charge in [-0.05, 0) is 37.6 Å². The van der Waals surface area contributed by atoms with E-state index in [0.717, 1.165) is 4.90 Å². The van der Waals surface area contributed by atoms with Crippen LogP contribution in [0, 0.1) is 22.7 Å². The van der Waals surface area contributed by atoms with E-state index in [-0.39, 0.29) is 43.6 Å². The Kier molecular flexibility index (Phi) is 7.06. The summed E-state index contributed by atoms with van der Waals surface area (Å²) in [5, 5.41) is 23.9. The minimum absolute atomic E-state index is 0.0582. The van der Waals surface area contributed by atoms with Gasteiger partial charge < -0.3 is 25.0 Å². The van der Waals surface area contributed by atoms with Crippen LogP contribution in [-0.4, -0.2) is 65.2 Å². The molecule has 40 heavy (non-hydrogen) atoms. The number of benzene rings is 2. The molecule has 206 valence electrons. The number of amides is 2. The highest BCUT2D eigenvalue weighted by Gasteiger charge is 2.50. The minimum atomic E-state index is -3.32. The van der Waals surface area contributed by atoms with Gasteiger partial charge in [-0.25, -0.2) is 8.78 Å². The van der Waals surface area contributed by atoms with E-state index in [9.17, 15) is 9.59 Å². The third-order valence-corrected chi connectivity index (χ3v) is 7.36. The molecular weight excluding hydrogens is 520 g/mol. The second kappa shape index (κ2) is 10.5. The lowest BCUT2D eigenvalue weighted by Crippen LogP contribution is -2.51. The van der Waals surface area contributed by atoms with Crippen LogP contribution in [0.4, 0.5) is 20.2 Å². The second-order valence-corrected chi connectivity index (χ2v) is 10.0. The standard InChI is InChI=1S/C28H27F2N7O3/c1-16(32)21-7-6-18(11-23(21)33-2)25-34-26(40-35-25)22-8-9-36(15-28(22,29)30)27(39)19-12-24(38)37(14-19)20-5-3-4-17(10-20)13-31/h3-7,10-11,19,22,32-33H,8-9,12,14-15H2,1-2H3/t19-,22?/m1/s1. The Balaban J connectivity index is 1.27. The number of alkyl halides is 2. The van der Waals surface area contributed by atoms with Gasteiger partial charge in [-0.15, -0.1) is 0 Å². The van der Waals surface area contributed by atoms with Crippen LogP contribution >= 0.6 is 0 Å². The van der Waals surface area contributed by atoms with Crippen LogP contribution in [0.1, 0.15) is 42.7 Å². The molecule has 0 saturated carbocycles. The maximum absolute atomic E-state index is 15.4. The van der Waals surface area contributed by atoms with Gasteiger partial charge in [0.25, 0.3) is 5.92 Å². The Bertz CT molecular complexity index is 1530. The van der Waals surface area contributed by atoms with Crippen molar-refractivity contribution >= 4 is 28.9 Å². The van der Waals surface area contributed by atoms with E-state index in [1.54, 1.807) is 56.4 Å². The van der Waals surface area contributed by atoms with E-state index in [4.69, 9.17) is 15.2 Å². The van der Waals surface area contributed by atoms with Crippen LogP contribution in [0.25, 0.3) is 11.4 Å². The molecular formula is C28H27F2N7O3. The molecule has 0 aliphatic carbocycles. The maximum Gasteiger partial charge on any atom is 0.276 e. The van der Waals surface area contributed by atoms with Gasteiger partial charge in [0.2, 0.25) is 23.5 Å². The smallest absolute Gasteiger partial charge is 0.276 e. The molecule has 0 radical (unpaired) electrons. The van der Waals surface area contributed by atoms with Crippen LogP contribution in [0.3, 0.4) is 0 Å².